The average Bonchev–Trinajstić information content (AvgIpc) is 2.37. The molecule has 94 valence electrons. The van der Waals surface area contributed by atoms with E-state index in [1.807, 2.05) is 24.3 Å². The number of para-hydroxylation sites is 1. The van der Waals surface area contributed by atoms with Crippen LogP contribution in [0.5, 0.6) is 5.75 Å². The highest BCUT2D eigenvalue weighted by Crippen LogP contribution is 2.31. The molecule has 0 bridgehead atoms. The van der Waals surface area contributed by atoms with E-state index in [-0.39, 0.29) is 5.41 Å². The molecule has 2 rings (SSSR count). The van der Waals surface area contributed by atoms with E-state index < -0.39 is 0 Å². The molecular weight excluding hydrogens is 222 g/mol. The second-order valence-electron chi connectivity index (χ2n) is 5.39. The van der Waals surface area contributed by atoms with Gasteiger partial charge in [-0.25, -0.2) is 0 Å². The van der Waals surface area contributed by atoms with E-state index in [0.717, 1.165) is 11.3 Å². The van der Waals surface area contributed by atoms with Gasteiger partial charge in [0.1, 0.15) is 12.4 Å². The minimum absolute atomic E-state index is 0.0921. The second kappa shape index (κ2) is 5.21. The highest BCUT2D eigenvalue weighted by molar-refractivity contribution is 5.38. The van der Waals surface area contributed by atoms with Crippen LogP contribution in [0.1, 0.15) is 31.9 Å². The van der Waals surface area contributed by atoms with Crippen molar-refractivity contribution in [1.82, 2.24) is 4.98 Å². The van der Waals surface area contributed by atoms with E-state index in [0.29, 0.717) is 6.61 Å². The normalized spacial score (nSPS) is 11.3. The molecule has 0 radical (unpaired) electrons. The Bertz CT molecular complexity index is 500. The first kappa shape index (κ1) is 12.6. The number of pyridine rings is 1. The first-order chi connectivity index (χ1) is 8.57. The summed E-state index contributed by atoms with van der Waals surface area (Å²) in [5.41, 5.74) is 2.46. The van der Waals surface area contributed by atoms with Crippen LogP contribution in [0, 0.1) is 0 Å². The summed E-state index contributed by atoms with van der Waals surface area (Å²) in [6.45, 7) is 7.17. The maximum Gasteiger partial charge on any atom is 0.123 e. The number of aromatic nitrogens is 1. The van der Waals surface area contributed by atoms with Crippen LogP contribution >= 0.6 is 0 Å². The summed E-state index contributed by atoms with van der Waals surface area (Å²) < 4.78 is 5.92. The molecule has 18 heavy (non-hydrogen) atoms. The topological polar surface area (TPSA) is 22.1 Å². The third-order valence-electron chi connectivity index (χ3n) is 2.84. The van der Waals surface area contributed by atoms with Crippen LogP contribution in [0.2, 0.25) is 0 Å². The maximum atomic E-state index is 5.92. The lowest BCUT2D eigenvalue weighted by Gasteiger charge is -2.22. The predicted octanol–water partition coefficient (Wildman–Crippen LogP) is 3.96. The number of hydrogen-bond acceptors (Lipinski definition) is 2. The zero-order valence-electron chi connectivity index (χ0n) is 11.2. The average molecular weight is 241 g/mol. The first-order valence-corrected chi connectivity index (χ1v) is 6.18. The number of benzene rings is 1. The van der Waals surface area contributed by atoms with Gasteiger partial charge in [0, 0.05) is 12.4 Å². The van der Waals surface area contributed by atoms with Crippen LogP contribution in [-0.4, -0.2) is 4.98 Å². The summed E-state index contributed by atoms with van der Waals surface area (Å²) in [6, 6.07) is 12.2. The molecule has 2 heteroatoms. The summed E-state index contributed by atoms with van der Waals surface area (Å²) in [5.74, 6) is 0.960. The Morgan fingerprint density at radius 1 is 1.00 bits per heavy atom. The molecule has 1 heterocycles. The molecular formula is C16H19NO. The molecule has 1 aromatic heterocycles. The minimum atomic E-state index is 0.0921. The van der Waals surface area contributed by atoms with Crippen LogP contribution in [0.25, 0.3) is 0 Å². The quantitative estimate of drug-likeness (QED) is 0.811. The van der Waals surface area contributed by atoms with E-state index in [9.17, 15) is 0 Å². The van der Waals surface area contributed by atoms with Gasteiger partial charge in [0.05, 0.1) is 0 Å². The van der Waals surface area contributed by atoms with Crippen molar-refractivity contribution >= 4 is 0 Å². The van der Waals surface area contributed by atoms with Crippen molar-refractivity contribution in [3.63, 3.8) is 0 Å². The molecule has 0 aliphatic heterocycles. The van der Waals surface area contributed by atoms with Gasteiger partial charge in [-0.2, -0.15) is 0 Å². The Hall–Kier alpha value is -1.83. The van der Waals surface area contributed by atoms with Crippen molar-refractivity contribution in [3.05, 3.63) is 59.9 Å². The third kappa shape index (κ3) is 3.10. The molecule has 0 saturated heterocycles. The Kier molecular flexibility index (Phi) is 3.66. The molecule has 1 aromatic carbocycles. The van der Waals surface area contributed by atoms with Crippen molar-refractivity contribution in [3.8, 4) is 5.75 Å². The first-order valence-electron chi connectivity index (χ1n) is 6.18. The lowest BCUT2D eigenvalue weighted by Crippen LogP contribution is -2.13. The van der Waals surface area contributed by atoms with Gasteiger partial charge in [0.25, 0.3) is 0 Å². The van der Waals surface area contributed by atoms with E-state index in [2.05, 4.69) is 37.9 Å². The summed E-state index contributed by atoms with van der Waals surface area (Å²) in [7, 11) is 0. The highest BCUT2D eigenvalue weighted by atomic mass is 16.5. The van der Waals surface area contributed by atoms with Crippen molar-refractivity contribution in [2.24, 2.45) is 0 Å². The van der Waals surface area contributed by atoms with Crippen molar-refractivity contribution in [1.29, 1.82) is 0 Å². The smallest absolute Gasteiger partial charge is 0.123 e. The van der Waals surface area contributed by atoms with E-state index in [1.54, 1.807) is 12.4 Å². The van der Waals surface area contributed by atoms with E-state index in [4.69, 9.17) is 4.74 Å². The lowest BCUT2D eigenvalue weighted by atomic mass is 9.86. The van der Waals surface area contributed by atoms with Crippen LogP contribution in [0.4, 0.5) is 0 Å². The van der Waals surface area contributed by atoms with Gasteiger partial charge in [-0.1, -0.05) is 39.0 Å². The van der Waals surface area contributed by atoms with Gasteiger partial charge in [-0.15, -0.1) is 0 Å². The summed E-state index contributed by atoms with van der Waals surface area (Å²) >= 11 is 0. The standard InChI is InChI=1S/C16H19NO/c1-16(2,3)14-6-4-5-7-15(14)18-12-13-8-10-17-11-9-13/h4-11H,12H2,1-3H3. The molecule has 0 aliphatic carbocycles. The van der Waals surface area contributed by atoms with Gasteiger partial charge in [0.2, 0.25) is 0 Å². The van der Waals surface area contributed by atoms with Crippen molar-refractivity contribution in [2.45, 2.75) is 32.8 Å². The van der Waals surface area contributed by atoms with Gasteiger partial charge in [-0.3, -0.25) is 4.98 Å². The van der Waals surface area contributed by atoms with Crippen LogP contribution in [0.3, 0.4) is 0 Å². The van der Waals surface area contributed by atoms with Crippen molar-refractivity contribution in [2.75, 3.05) is 0 Å². The number of ether oxygens (including phenoxy) is 1. The largest absolute Gasteiger partial charge is 0.489 e. The van der Waals surface area contributed by atoms with Gasteiger partial charge < -0.3 is 4.74 Å². The molecule has 0 aliphatic rings. The predicted molar refractivity (Wildman–Crippen MR) is 73.7 cm³/mol. The number of hydrogen-bond donors (Lipinski definition) is 0. The molecule has 0 atom stereocenters. The lowest BCUT2D eigenvalue weighted by molar-refractivity contribution is 0.297. The Morgan fingerprint density at radius 2 is 1.67 bits per heavy atom. The third-order valence-corrected chi connectivity index (χ3v) is 2.84. The summed E-state index contributed by atoms with van der Waals surface area (Å²) in [5, 5.41) is 0. The SMILES string of the molecule is CC(C)(C)c1ccccc1OCc1ccncc1. The monoisotopic (exact) mass is 241 g/mol. The van der Waals surface area contributed by atoms with E-state index in [1.165, 1.54) is 5.56 Å². The molecule has 2 nitrogen and oxygen atoms in total. The minimum Gasteiger partial charge on any atom is -0.489 e. The molecule has 0 N–H and O–H groups in total. The number of nitrogens with zero attached hydrogens (tertiary/aromatic N) is 1. The zero-order valence-corrected chi connectivity index (χ0v) is 11.2. The van der Waals surface area contributed by atoms with Crippen molar-refractivity contribution < 1.29 is 4.74 Å². The van der Waals surface area contributed by atoms with Crippen LogP contribution in [-0.2, 0) is 12.0 Å². The molecule has 0 saturated carbocycles. The van der Waals surface area contributed by atoms with E-state index >= 15 is 0 Å². The highest BCUT2D eigenvalue weighted by Gasteiger charge is 2.18. The Balaban J connectivity index is 2.15. The maximum absolute atomic E-state index is 5.92. The van der Waals surface area contributed by atoms with Crippen LogP contribution in [0.15, 0.2) is 48.8 Å². The zero-order chi connectivity index (χ0) is 13.0. The fraction of sp³-hybridized carbons (Fsp3) is 0.312. The van der Waals surface area contributed by atoms with Gasteiger partial charge >= 0.3 is 0 Å². The fourth-order valence-electron chi connectivity index (χ4n) is 1.85. The molecule has 0 spiro atoms. The Labute approximate surface area is 109 Å². The number of rotatable bonds is 3. The summed E-state index contributed by atoms with van der Waals surface area (Å²) in [6.07, 6.45) is 3.57. The fourth-order valence-corrected chi connectivity index (χ4v) is 1.85. The molecule has 0 fully saturated rings. The summed E-state index contributed by atoms with van der Waals surface area (Å²) in [4.78, 5) is 4.00. The molecule has 0 unspecified atom stereocenters. The van der Waals surface area contributed by atoms with Gasteiger partial charge in [0.15, 0.2) is 0 Å². The molecule has 2 aromatic rings. The Morgan fingerprint density at radius 3 is 2.33 bits per heavy atom. The van der Waals surface area contributed by atoms with Gasteiger partial charge in [-0.05, 0) is 34.7 Å². The van der Waals surface area contributed by atoms with Crippen LogP contribution < -0.4 is 4.74 Å². The second-order valence-corrected chi connectivity index (χ2v) is 5.39. The molecule has 0 amide bonds.